The van der Waals surface area contributed by atoms with Crippen molar-refractivity contribution in [2.45, 2.75) is 50.2 Å². The number of hydrogen-bond acceptors (Lipinski definition) is 1. The van der Waals surface area contributed by atoms with Crippen LogP contribution in [-0.4, -0.2) is 13.8 Å². The third-order valence-electron chi connectivity index (χ3n) is 1.45. The fraction of sp³-hybridized carbons (Fsp3) is 1.00. The third kappa shape index (κ3) is 6.44. The number of hydrogen-bond donors (Lipinski definition) is 0. The van der Waals surface area contributed by atoms with Crippen LogP contribution in [0.25, 0.3) is 0 Å². The second kappa shape index (κ2) is 7.43. The van der Waals surface area contributed by atoms with Crippen molar-refractivity contribution in [3.8, 4) is 0 Å². The van der Waals surface area contributed by atoms with E-state index < -0.39 is 13.8 Å². The van der Waals surface area contributed by atoms with Gasteiger partial charge in [-0.3, -0.25) is 0 Å². The van der Waals surface area contributed by atoms with Crippen molar-refractivity contribution >= 4 is 13.8 Å². The molecule has 0 unspecified atom stereocenters. The van der Waals surface area contributed by atoms with E-state index in [-0.39, 0.29) is 0 Å². The molecule has 0 aliphatic heterocycles. The first-order valence-electron chi connectivity index (χ1n) is 4.16. The molecule has 0 radical (unpaired) electrons. The minimum atomic E-state index is -1.37. The summed E-state index contributed by atoms with van der Waals surface area (Å²) in [4.78, 5) is 0. The molecule has 0 bridgehead atoms. The summed E-state index contributed by atoms with van der Waals surface area (Å²) in [5.41, 5.74) is 0. The van der Waals surface area contributed by atoms with Gasteiger partial charge in [0, 0.05) is 0 Å². The van der Waals surface area contributed by atoms with Gasteiger partial charge in [-0.15, -0.1) is 0 Å². The Morgan fingerprint density at radius 2 is 1.40 bits per heavy atom. The van der Waals surface area contributed by atoms with Gasteiger partial charge >= 0.3 is 67.8 Å². The van der Waals surface area contributed by atoms with Crippen molar-refractivity contribution in [2.24, 2.45) is 0 Å². The van der Waals surface area contributed by atoms with Crippen molar-refractivity contribution in [3.05, 3.63) is 0 Å². The number of rotatable bonds is 6. The predicted molar refractivity (Wildman–Crippen MR) is 45.9 cm³/mol. The van der Waals surface area contributed by atoms with Crippen LogP contribution >= 0.6 is 0 Å². The second-order valence-corrected chi connectivity index (χ2v) is 6.11. The van der Waals surface area contributed by atoms with Gasteiger partial charge in [0.2, 0.25) is 0 Å². The van der Waals surface area contributed by atoms with Gasteiger partial charge in [0.25, 0.3) is 0 Å². The van der Waals surface area contributed by atoms with Crippen LogP contribution in [0.4, 0.5) is 0 Å². The molecule has 0 amide bonds. The van der Waals surface area contributed by atoms with Crippen LogP contribution in [0.2, 0.25) is 10.6 Å². The molecule has 0 aliphatic rings. The summed E-state index contributed by atoms with van der Waals surface area (Å²) in [6.07, 6.45) is 4.71. The molecule has 0 heterocycles. The maximum absolute atomic E-state index is 11.2. The van der Waals surface area contributed by atoms with E-state index in [1.54, 1.807) is 0 Å². The summed E-state index contributed by atoms with van der Waals surface area (Å²) >= 11 is -1.37. The Bertz CT molecular complexity index is 81.3. The Balaban J connectivity index is 3.09. The predicted octanol–water partition coefficient (Wildman–Crippen LogP) is 3.01. The molecule has 62 valence electrons. The monoisotopic (exact) mass is 210 g/mol. The molecule has 0 aromatic carbocycles. The zero-order valence-corrected chi connectivity index (χ0v) is 8.77. The Morgan fingerprint density at radius 1 is 1.00 bits per heavy atom. The van der Waals surface area contributed by atoms with Crippen LogP contribution < -0.4 is 0 Å². The van der Waals surface area contributed by atoms with Gasteiger partial charge in [-0.05, 0) is 0 Å². The van der Waals surface area contributed by atoms with E-state index in [2.05, 4.69) is 13.8 Å². The molecule has 0 N–H and O–H groups in total. The fourth-order valence-electron chi connectivity index (χ4n) is 0.713. The topological polar surface area (TPSA) is 17.1 Å². The molecular weight excluding hydrogens is 191 g/mol. The van der Waals surface area contributed by atoms with Crippen LogP contribution in [0.3, 0.4) is 0 Å². The molecule has 10 heavy (non-hydrogen) atoms. The van der Waals surface area contributed by atoms with Gasteiger partial charge in [0.05, 0.1) is 0 Å². The van der Waals surface area contributed by atoms with Crippen molar-refractivity contribution in [1.82, 2.24) is 0 Å². The molecule has 0 fully saturated rings. The molecule has 0 atom stereocenters. The molecule has 0 aliphatic carbocycles. The first-order chi connectivity index (χ1) is 4.81. The molecule has 0 saturated heterocycles. The molecule has 0 aromatic rings. The SMILES string of the molecule is CCCC[Se](=O)CCCC. The molecule has 0 spiro atoms. The molecule has 2 heteroatoms. The minimum absolute atomic E-state index is 1.01. The van der Waals surface area contributed by atoms with E-state index in [1.165, 1.54) is 12.8 Å². The second-order valence-electron chi connectivity index (χ2n) is 2.56. The van der Waals surface area contributed by atoms with E-state index in [0.717, 1.165) is 23.5 Å². The summed E-state index contributed by atoms with van der Waals surface area (Å²) in [5, 5.41) is 2.02. The zero-order valence-electron chi connectivity index (χ0n) is 7.06. The first-order valence-corrected chi connectivity index (χ1v) is 7.28. The summed E-state index contributed by atoms with van der Waals surface area (Å²) in [6.45, 7) is 4.30. The van der Waals surface area contributed by atoms with Crippen LogP contribution in [0.1, 0.15) is 39.5 Å². The van der Waals surface area contributed by atoms with Gasteiger partial charge in [0.15, 0.2) is 0 Å². The molecular formula is C8H18OSe. The molecule has 0 rings (SSSR count). The Kier molecular flexibility index (Phi) is 7.66. The van der Waals surface area contributed by atoms with Gasteiger partial charge in [-0.1, -0.05) is 0 Å². The summed E-state index contributed by atoms with van der Waals surface area (Å²) in [5.74, 6) is 0. The van der Waals surface area contributed by atoms with E-state index in [0.29, 0.717) is 0 Å². The molecule has 1 nitrogen and oxygen atoms in total. The van der Waals surface area contributed by atoms with Gasteiger partial charge in [0.1, 0.15) is 0 Å². The van der Waals surface area contributed by atoms with Gasteiger partial charge < -0.3 is 0 Å². The van der Waals surface area contributed by atoms with Crippen molar-refractivity contribution in [1.29, 1.82) is 0 Å². The fourth-order valence-corrected chi connectivity index (χ4v) is 3.70. The summed E-state index contributed by atoms with van der Waals surface area (Å²) < 4.78 is 11.2. The molecule has 0 aromatic heterocycles. The number of unbranched alkanes of at least 4 members (excludes halogenated alkanes) is 2. The average Bonchev–Trinajstić information content (AvgIpc) is 1.97. The van der Waals surface area contributed by atoms with Crippen molar-refractivity contribution in [3.63, 3.8) is 0 Å². The van der Waals surface area contributed by atoms with Crippen LogP contribution in [-0.2, 0) is 3.83 Å². The Hall–Kier alpha value is 0.319. The van der Waals surface area contributed by atoms with E-state index in [4.69, 9.17) is 0 Å². The van der Waals surface area contributed by atoms with Crippen LogP contribution in [0, 0.1) is 0 Å². The Morgan fingerprint density at radius 3 is 1.70 bits per heavy atom. The van der Waals surface area contributed by atoms with Crippen molar-refractivity contribution < 1.29 is 3.83 Å². The first kappa shape index (κ1) is 10.3. The van der Waals surface area contributed by atoms with Crippen LogP contribution in [0.15, 0.2) is 0 Å². The maximum atomic E-state index is 11.2. The van der Waals surface area contributed by atoms with Gasteiger partial charge in [-0.2, -0.15) is 0 Å². The molecule has 0 saturated carbocycles. The van der Waals surface area contributed by atoms with Crippen molar-refractivity contribution in [2.75, 3.05) is 0 Å². The Labute approximate surface area is 68.3 Å². The summed E-state index contributed by atoms with van der Waals surface area (Å²) in [7, 11) is 0. The average molecular weight is 209 g/mol. The quantitative estimate of drug-likeness (QED) is 0.614. The standard InChI is InChI=1S/C8H18OSe/c1-3-5-7-10(9)8-6-4-2/h3-8H2,1-2H3. The summed E-state index contributed by atoms with van der Waals surface area (Å²) in [6, 6.07) is 0. The van der Waals surface area contributed by atoms with Gasteiger partial charge in [-0.25, -0.2) is 0 Å². The zero-order chi connectivity index (χ0) is 7.82. The van der Waals surface area contributed by atoms with E-state index in [9.17, 15) is 3.83 Å². The normalized spacial score (nSPS) is 10.7. The van der Waals surface area contributed by atoms with Crippen LogP contribution in [0.5, 0.6) is 0 Å². The third-order valence-corrected chi connectivity index (χ3v) is 4.57. The van der Waals surface area contributed by atoms with E-state index in [1.807, 2.05) is 0 Å². The van der Waals surface area contributed by atoms with E-state index >= 15 is 0 Å².